The van der Waals surface area contributed by atoms with E-state index in [1.807, 2.05) is 17.8 Å². The van der Waals surface area contributed by atoms with E-state index in [2.05, 4.69) is 4.74 Å². The number of aromatic nitrogens is 2. The maximum Gasteiger partial charge on any atom is 0.306 e. The minimum absolute atomic E-state index is 0.104. The van der Waals surface area contributed by atoms with Crippen molar-refractivity contribution < 1.29 is 18.9 Å². The molecule has 0 aliphatic carbocycles. The number of nitrogens with zero attached hydrogens (tertiary/aromatic N) is 3. The van der Waals surface area contributed by atoms with Gasteiger partial charge in [-0.05, 0) is 0 Å². The van der Waals surface area contributed by atoms with Crippen LogP contribution in [0.5, 0.6) is 0 Å². The lowest BCUT2D eigenvalue weighted by molar-refractivity contribution is -0.671. The van der Waals surface area contributed by atoms with Crippen LogP contribution in [-0.4, -0.2) is 30.7 Å². The van der Waals surface area contributed by atoms with Crippen molar-refractivity contribution in [3.8, 4) is 0 Å². The summed E-state index contributed by atoms with van der Waals surface area (Å²) >= 11 is 0. The third-order valence-corrected chi connectivity index (χ3v) is 2.23. The molecule has 0 spiro atoms. The Morgan fingerprint density at radius 3 is 2.62 bits per heavy atom. The fourth-order valence-corrected chi connectivity index (χ4v) is 1.22. The van der Waals surface area contributed by atoms with Gasteiger partial charge in [-0.2, -0.15) is 5.01 Å². The lowest BCUT2D eigenvalue weighted by Gasteiger charge is -2.11. The number of carbonyl (C=O) groups is 2. The summed E-state index contributed by atoms with van der Waals surface area (Å²) in [6.45, 7) is 0. The lowest BCUT2D eigenvalue weighted by Crippen LogP contribution is -2.37. The van der Waals surface area contributed by atoms with E-state index in [9.17, 15) is 9.59 Å². The highest BCUT2D eigenvalue weighted by Crippen LogP contribution is 1.97. The molecule has 0 aliphatic rings. The Hall–Kier alpha value is -1.85. The summed E-state index contributed by atoms with van der Waals surface area (Å²) in [6, 6.07) is 0. The van der Waals surface area contributed by atoms with Crippen molar-refractivity contribution in [3.63, 3.8) is 0 Å². The molecule has 0 bridgehead atoms. The van der Waals surface area contributed by atoms with Crippen LogP contribution in [0.3, 0.4) is 0 Å². The summed E-state index contributed by atoms with van der Waals surface area (Å²) in [4.78, 5) is 22.5. The third-order valence-electron chi connectivity index (χ3n) is 2.23. The van der Waals surface area contributed by atoms with E-state index in [0.717, 1.165) is 0 Å². The summed E-state index contributed by atoms with van der Waals surface area (Å²) in [6.07, 6.45) is 5.59. The van der Waals surface area contributed by atoms with E-state index in [4.69, 9.17) is 0 Å². The van der Waals surface area contributed by atoms with Crippen molar-refractivity contribution in [3.05, 3.63) is 18.7 Å². The summed E-state index contributed by atoms with van der Waals surface area (Å²) in [7, 11) is 4.82. The number of ether oxygens (including phenoxy) is 1. The van der Waals surface area contributed by atoms with Crippen molar-refractivity contribution in [2.24, 2.45) is 7.05 Å². The Morgan fingerprint density at radius 2 is 2.12 bits per heavy atom. The Morgan fingerprint density at radius 1 is 1.44 bits per heavy atom. The normalized spacial score (nSPS) is 9.94. The van der Waals surface area contributed by atoms with Gasteiger partial charge in [-0.3, -0.25) is 9.59 Å². The van der Waals surface area contributed by atoms with Crippen LogP contribution >= 0.6 is 0 Å². The molecule has 16 heavy (non-hydrogen) atoms. The number of aryl methyl sites for hydroxylation is 1. The van der Waals surface area contributed by atoms with Gasteiger partial charge in [-0.1, -0.05) is 0 Å². The number of methoxy groups -OCH3 is 1. The van der Waals surface area contributed by atoms with Gasteiger partial charge in [0, 0.05) is 6.42 Å². The number of hydrogen-bond acceptors (Lipinski definition) is 3. The van der Waals surface area contributed by atoms with Crippen LogP contribution in [0.4, 0.5) is 0 Å². The topological polar surface area (TPSA) is 55.4 Å². The van der Waals surface area contributed by atoms with Gasteiger partial charge in [0.05, 0.1) is 27.6 Å². The molecule has 0 radical (unpaired) electrons. The standard InChI is InChI=1S/C10H16N3O3/c1-11-6-7-13(8-11)12(2)9(14)4-5-10(15)16-3/h6-8H,4-5H2,1-3H3/q+1. The van der Waals surface area contributed by atoms with Crippen molar-refractivity contribution in [1.29, 1.82) is 0 Å². The van der Waals surface area contributed by atoms with E-state index < -0.39 is 0 Å². The van der Waals surface area contributed by atoms with Crippen molar-refractivity contribution in [2.75, 3.05) is 19.2 Å². The van der Waals surface area contributed by atoms with E-state index in [-0.39, 0.29) is 24.7 Å². The second-order valence-electron chi connectivity index (χ2n) is 3.45. The molecule has 0 atom stereocenters. The average Bonchev–Trinajstić information content (AvgIpc) is 2.71. The molecule has 0 saturated carbocycles. The highest BCUT2D eigenvalue weighted by Gasteiger charge is 2.16. The van der Waals surface area contributed by atoms with Gasteiger partial charge in [0.15, 0.2) is 6.20 Å². The molecule has 1 rings (SSSR count). The average molecular weight is 226 g/mol. The number of amides is 1. The molecule has 0 unspecified atom stereocenters. The minimum atomic E-state index is -0.375. The predicted molar refractivity (Wildman–Crippen MR) is 56.0 cm³/mol. The van der Waals surface area contributed by atoms with Gasteiger partial charge in [0.25, 0.3) is 12.2 Å². The molecule has 0 saturated heterocycles. The highest BCUT2D eigenvalue weighted by atomic mass is 16.5. The summed E-state index contributed by atoms with van der Waals surface area (Å²) in [5, 5.41) is 1.45. The number of carbonyl (C=O) groups excluding carboxylic acids is 2. The Bertz CT molecular complexity index is 386. The maximum absolute atomic E-state index is 11.7. The van der Waals surface area contributed by atoms with Crippen LogP contribution in [0.15, 0.2) is 18.7 Å². The highest BCUT2D eigenvalue weighted by molar-refractivity contribution is 5.88. The molecule has 1 amide bonds. The Balaban J connectivity index is 2.51. The monoisotopic (exact) mass is 226 g/mol. The zero-order chi connectivity index (χ0) is 12.1. The van der Waals surface area contributed by atoms with Crippen molar-refractivity contribution in [2.45, 2.75) is 12.8 Å². The number of imidazole rings is 1. The lowest BCUT2D eigenvalue weighted by atomic mass is 10.3. The first-order valence-electron chi connectivity index (χ1n) is 4.91. The number of rotatable bonds is 4. The van der Waals surface area contributed by atoms with Crippen LogP contribution in [0, 0.1) is 0 Å². The Kier molecular flexibility index (Phi) is 4.04. The van der Waals surface area contributed by atoms with E-state index in [0.29, 0.717) is 0 Å². The molecule has 6 nitrogen and oxygen atoms in total. The van der Waals surface area contributed by atoms with Gasteiger partial charge in [-0.25, -0.2) is 4.57 Å². The summed E-state index contributed by atoms with van der Waals surface area (Å²) < 4.78 is 7.95. The van der Waals surface area contributed by atoms with E-state index in [1.54, 1.807) is 24.2 Å². The molecule has 1 aromatic heterocycles. The molecular weight excluding hydrogens is 210 g/mol. The molecule has 1 aromatic rings. The molecular formula is C10H16N3O3+. The van der Waals surface area contributed by atoms with Crippen LogP contribution in [-0.2, 0) is 21.4 Å². The molecule has 0 fully saturated rings. The van der Waals surface area contributed by atoms with Crippen LogP contribution in [0.1, 0.15) is 12.8 Å². The maximum atomic E-state index is 11.7. The molecule has 6 heteroatoms. The first-order chi connectivity index (χ1) is 7.54. The van der Waals surface area contributed by atoms with E-state index >= 15 is 0 Å². The van der Waals surface area contributed by atoms with Gasteiger partial charge in [0.1, 0.15) is 6.20 Å². The first-order valence-corrected chi connectivity index (χ1v) is 4.91. The molecule has 0 aliphatic heterocycles. The second kappa shape index (κ2) is 5.29. The predicted octanol–water partition coefficient (Wildman–Crippen LogP) is -0.640. The molecule has 1 heterocycles. The number of hydrogen-bond donors (Lipinski definition) is 0. The first kappa shape index (κ1) is 12.2. The van der Waals surface area contributed by atoms with Gasteiger partial charge >= 0.3 is 5.97 Å². The Labute approximate surface area is 94.0 Å². The second-order valence-corrected chi connectivity index (χ2v) is 3.45. The zero-order valence-electron chi connectivity index (χ0n) is 9.71. The van der Waals surface area contributed by atoms with Crippen LogP contribution in [0.25, 0.3) is 0 Å². The minimum Gasteiger partial charge on any atom is -0.469 e. The molecule has 0 N–H and O–H groups in total. The van der Waals surface area contributed by atoms with Crippen molar-refractivity contribution in [1.82, 2.24) is 4.68 Å². The SMILES string of the molecule is COC(=O)CCC(=O)N(C)n1cc[n+](C)c1. The zero-order valence-corrected chi connectivity index (χ0v) is 9.71. The summed E-state index contributed by atoms with van der Waals surface area (Å²) in [5.74, 6) is -0.513. The quantitative estimate of drug-likeness (QED) is 0.507. The van der Waals surface area contributed by atoms with E-state index in [1.165, 1.54) is 12.1 Å². The fraction of sp³-hybridized carbons (Fsp3) is 0.500. The van der Waals surface area contributed by atoms with Crippen molar-refractivity contribution >= 4 is 11.9 Å². The van der Waals surface area contributed by atoms with Gasteiger partial charge in [-0.15, -0.1) is 4.68 Å². The smallest absolute Gasteiger partial charge is 0.306 e. The fourth-order valence-electron chi connectivity index (χ4n) is 1.22. The van der Waals surface area contributed by atoms with Crippen LogP contribution < -0.4 is 9.58 Å². The molecule has 88 valence electrons. The van der Waals surface area contributed by atoms with Gasteiger partial charge in [0.2, 0.25) is 0 Å². The van der Waals surface area contributed by atoms with Gasteiger partial charge < -0.3 is 4.74 Å². The van der Waals surface area contributed by atoms with Crippen LogP contribution in [0.2, 0.25) is 0 Å². The summed E-state index contributed by atoms with van der Waals surface area (Å²) in [5.41, 5.74) is 0. The molecule has 0 aromatic carbocycles. The largest absolute Gasteiger partial charge is 0.469 e. The third kappa shape index (κ3) is 3.08. The number of esters is 1.